The number of carboxylic acid groups (broad SMARTS) is 1. The molecule has 0 heterocycles. The summed E-state index contributed by atoms with van der Waals surface area (Å²) in [7, 11) is 0. The average Bonchev–Trinajstić information content (AvgIpc) is 2.63. The van der Waals surface area contributed by atoms with E-state index >= 15 is 0 Å². The van der Waals surface area contributed by atoms with Crippen LogP contribution in [0.1, 0.15) is 72.1 Å². The van der Waals surface area contributed by atoms with E-state index in [0.717, 1.165) is 51.4 Å². The second-order valence-corrected chi connectivity index (χ2v) is 9.65. The minimum Gasteiger partial charge on any atom is -0.481 e. The maximum atomic E-state index is 12.0. The summed E-state index contributed by atoms with van der Waals surface area (Å²) in [4.78, 5) is 12.0. The van der Waals surface area contributed by atoms with Crippen molar-refractivity contribution in [2.75, 3.05) is 0 Å². The zero-order chi connectivity index (χ0) is 16.7. The van der Waals surface area contributed by atoms with E-state index in [9.17, 15) is 15.0 Å². The fourth-order valence-electron chi connectivity index (χ4n) is 7.29. The van der Waals surface area contributed by atoms with Crippen molar-refractivity contribution in [2.24, 2.45) is 28.1 Å². The molecule has 0 saturated heterocycles. The Balaban J connectivity index is 1.78. The fourth-order valence-corrected chi connectivity index (χ4v) is 7.29. The summed E-state index contributed by atoms with van der Waals surface area (Å²) in [5.41, 5.74) is 0.533. The van der Waals surface area contributed by atoms with Gasteiger partial charge in [-0.05, 0) is 81.5 Å². The van der Waals surface area contributed by atoms with Crippen molar-refractivity contribution >= 4 is 5.97 Å². The first-order valence-electron chi connectivity index (χ1n) is 9.31. The van der Waals surface area contributed by atoms with Crippen molar-refractivity contribution in [3.63, 3.8) is 0 Å². The number of hydrogen-bond acceptors (Lipinski definition) is 2. The molecule has 0 amide bonds. The number of hydrogen-bond donors (Lipinski definition) is 2. The summed E-state index contributed by atoms with van der Waals surface area (Å²) in [5, 5.41) is 20.7. The van der Waals surface area contributed by atoms with E-state index in [4.69, 9.17) is 0 Å². The van der Waals surface area contributed by atoms with Gasteiger partial charge in [0.1, 0.15) is 0 Å². The van der Waals surface area contributed by atoms with Crippen LogP contribution in [-0.4, -0.2) is 21.8 Å². The van der Waals surface area contributed by atoms with Crippen LogP contribution in [0.4, 0.5) is 0 Å². The molecule has 2 N–H and O–H groups in total. The van der Waals surface area contributed by atoms with Crippen molar-refractivity contribution in [3.05, 3.63) is 11.6 Å². The maximum Gasteiger partial charge on any atom is 0.309 e. The van der Waals surface area contributed by atoms with Gasteiger partial charge in [0, 0.05) is 0 Å². The number of allylic oxidation sites excluding steroid dienone is 2. The molecule has 128 valence electrons. The van der Waals surface area contributed by atoms with Gasteiger partial charge in [-0.2, -0.15) is 0 Å². The molecule has 4 rings (SSSR count). The molecule has 3 saturated carbocycles. The first-order chi connectivity index (χ1) is 10.6. The highest BCUT2D eigenvalue weighted by Gasteiger charge is 2.64. The summed E-state index contributed by atoms with van der Waals surface area (Å²) in [5.74, 6) is 0.0122. The zero-order valence-electron chi connectivity index (χ0n) is 14.7. The SMILES string of the molecule is C[C@@]1(C(=O)O)CCC[C@]2(C)C3=CC[C@@H]4C[C@@]3(CC[C@H]12)C[C@@]4(C)O. The molecular formula is C20H30O3. The third-order valence-electron chi connectivity index (χ3n) is 8.34. The number of aliphatic hydroxyl groups is 1. The Morgan fingerprint density at radius 3 is 2.65 bits per heavy atom. The molecule has 2 bridgehead atoms. The lowest BCUT2D eigenvalue weighted by atomic mass is 9.44. The molecule has 4 aliphatic carbocycles. The molecule has 4 aliphatic rings. The van der Waals surface area contributed by atoms with Crippen molar-refractivity contribution in [3.8, 4) is 0 Å². The second-order valence-electron chi connectivity index (χ2n) is 9.65. The number of carbonyl (C=O) groups is 1. The predicted octanol–water partition coefficient (Wildman–Crippen LogP) is 4.16. The van der Waals surface area contributed by atoms with Gasteiger partial charge in [-0.3, -0.25) is 4.79 Å². The summed E-state index contributed by atoms with van der Waals surface area (Å²) in [6.45, 7) is 6.32. The van der Waals surface area contributed by atoms with Gasteiger partial charge in [-0.25, -0.2) is 0 Å². The third kappa shape index (κ3) is 1.83. The highest BCUT2D eigenvalue weighted by molar-refractivity contribution is 5.75. The van der Waals surface area contributed by atoms with Gasteiger partial charge < -0.3 is 10.2 Å². The zero-order valence-corrected chi connectivity index (χ0v) is 14.7. The van der Waals surface area contributed by atoms with Crippen molar-refractivity contribution < 1.29 is 15.0 Å². The molecule has 6 atom stereocenters. The Morgan fingerprint density at radius 1 is 1.22 bits per heavy atom. The van der Waals surface area contributed by atoms with Crippen LogP contribution >= 0.6 is 0 Å². The predicted molar refractivity (Wildman–Crippen MR) is 88.9 cm³/mol. The third-order valence-corrected chi connectivity index (χ3v) is 8.34. The molecule has 3 nitrogen and oxygen atoms in total. The highest BCUT2D eigenvalue weighted by atomic mass is 16.4. The van der Waals surface area contributed by atoms with Gasteiger partial charge in [0.2, 0.25) is 0 Å². The molecule has 23 heavy (non-hydrogen) atoms. The minimum atomic E-state index is -0.614. The lowest BCUT2D eigenvalue weighted by Crippen LogP contribution is -2.54. The molecular weight excluding hydrogens is 288 g/mol. The lowest BCUT2D eigenvalue weighted by Gasteiger charge is -2.60. The normalized spacial score (nSPS) is 54.9. The van der Waals surface area contributed by atoms with Gasteiger partial charge in [0.05, 0.1) is 11.0 Å². The van der Waals surface area contributed by atoms with Crippen LogP contribution in [0.25, 0.3) is 0 Å². The smallest absolute Gasteiger partial charge is 0.309 e. The van der Waals surface area contributed by atoms with E-state index in [0.29, 0.717) is 5.92 Å². The Labute approximate surface area is 139 Å². The largest absolute Gasteiger partial charge is 0.481 e. The first kappa shape index (κ1) is 15.7. The minimum absolute atomic E-state index is 0.00896. The molecule has 0 aliphatic heterocycles. The van der Waals surface area contributed by atoms with Crippen LogP contribution in [0.5, 0.6) is 0 Å². The van der Waals surface area contributed by atoms with Crippen LogP contribution in [0, 0.1) is 28.1 Å². The molecule has 3 fully saturated rings. The molecule has 0 unspecified atom stereocenters. The van der Waals surface area contributed by atoms with Crippen LogP contribution in [0.15, 0.2) is 11.6 Å². The van der Waals surface area contributed by atoms with Crippen molar-refractivity contribution in [1.29, 1.82) is 0 Å². The average molecular weight is 318 g/mol. The number of carboxylic acids is 1. The quantitative estimate of drug-likeness (QED) is 0.714. The highest BCUT2D eigenvalue weighted by Crippen LogP contribution is 2.71. The van der Waals surface area contributed by atoms with Crippen LogP contribution in [-0.2, 0) is 4.79 Å². The topological polar surface area (TPSA) is 57.5 Å². The first-order valence-corrected chi connectivity index (χ1v) is 9.31. The van der Waals surface area contributed by atoms with Crippen LogP contribution in [0.3, 0.4) is 0 Å². The number of rotatable bonds is 1. The van der Waals surface area contributed by atoms with Crippen LogP contribution < -0.4 is 0 Å². The molecule has 0 aromatic rings. The van der Waals surface area contributed by atoms with Gasteiger partial charge in [0.25, 0.3) is 0 Å². The van der Waals surface area contributed by atoms with Crippen molar-refractivity contribution in [2.45, 2.75) is 77.7 Å². The van der Waals surface area contributed by atoms with E-state index in [1.165, 1.54) is 5.57 Å². The van der Waals surface area contributed by atoms with E-state index in [2.05, 4.69) is 13.0 Å². The van der Waals surface area contributed by atoms with Crippen LogP contribution in [0.2, 0.25) is 0 Å². The summed E-state index contributed by atoms with van der Waals surface area (Å²) < 4.78 is 0. The molecule has 1 spiro atoms. The Morgan fingerprint density at radius 2 is 1.96 bits per heavy atom. The molecule has 0 aromatic heterocycles. The monoisotopic (exact) mass is 318 g/mol. The summed E-state index contributed by atoms with van der Waals surface area (Å²) in [6.07, 6.45) is 10.4. The maximum absolute atomic E-state index is 12.0. The summed E-state index contributed by atoms with van der Waals surface area (Å²) in [6, 6.07) is 0. The van der Waals surface area contributed by atoms with Gasteiger partial charge >= 0.3 is 5.97 Å². The number of aliphatic carboxylic acids is 1. The van der Waals surface area contributed by atoms with Gasteiger partial charge in [-0.15, -0.1) is 0 Å². The molecule has 3 heteroatoms. The Kier molecular flexibility index (Phi) is 3.01. The van der Waals surface area contributed by atoms with E-state index in [-0.39, 0.29) is 16.7 Å². The van der Waals surface area contributed by atoms with Gasteiger partial charge in [-0.1, -0.05) is 25.0 Å². The molecule has 0 aromatic carbocycles. The Bertz CT molecular complexity index is 592. The molecule has 0 radical (unpaired) electrons. The second kappa shape index (κ2) is 4.41. The van der Waals surface area contributed by atoms with Gasteiger partial charge in [0.15, 0.2) is 0 Å². The van der Waals surface area contributed by atoms with E-state index in [1.54, 1.807) is 0 Å². The standard InChI is InChI=1S/C20H30O3/c1-17-8-4-9-18(2,16(21)22)14(17)7-10-20-11-13(5-6-15(17)20)19(3,23)12-20/h6,13-14,23H,4-5,7-12H2,1-3H3,(H,21,22)/t13-,14+,17+,18-,19-,20+/m1/s1. The van der Waals surface area contributed by atoms with E-state index in [1.807, 2.05) is 13.8 Å². The fraction of sp³-hybridized carbons (Fsp3) is 0.850. The lowest BCUT2D eigenvalue weighted by molar-refractivity contribution is -0.161. The number of fused-ring (bicyclic) bond motifs is 3. The summed E-state index contributed by atoms with van der Waals surface area (Å²) >= 11 is 0. The van der Waals surface area contributed by atoms with E-state index < -0.39 is 17.0 Å². The Hall–Kier alpha value is -0.830. The van der Waals surface area contributed by atoms with Crippen molar-refractivity contribution in [1.82, 2.24) is 0 Å².